The lowest BCUT2D eigenvalue weighted by atomic mass is 10.1. The SMILES string of the molecule is CC(=O)OCC(CNC(=O)c1c(I)c(C(=O)NCC(COC(C)=O)OC(C)=O)c(I)c(N2C(=O)CCC2CO)c1I)OC(C)=O. The minimum atomic E-state index is -1.01. The van der Waals surface area contributed by atoms with Crippen LogP contribution in [-0.2, 0) is 42.9 Å². The molecule has 1 saturated heterocycles. The average molecular weight is 971 g/mol. The van der Waals surface area contributed by atoms with Crippen LogP contribution in [0.5, 0.6) is 0 Å². The predicted octanol–water partition coefficient (Wildman–Crippen LogP) is 1.44. The molecule has 3 atom stereocenters. The Bertz CT molecular complexity index is 1270. The molecule has 0 aliphatic carbocycles. The number of nitrogens with zero attached hydrogens (tertiary/aromatic N) is 1. The van der Waals surface area contributed by atoms with E-state index in [1.54, 1.807) is 0 Å². The molecule has 0 bridgehead atoms. The molecule has 1 heterocycles. The van der Waals surface area contributed by atoms with E-state index in [9.17, 15) is 38.7 Å². The van der Waals surface area contributed by atoms with Crippen LogP contribution in [0.1, 0.15) is 61.3 Å². The second-order valence-corrected chi connectivity index (χ2v) is 12.9. The number of amides is 3. The molecule has 1 fully saturated rings. The van der Waals surface area contributed by atoms with Crippen molar-refractivity contribution in [2.45, 2.75) is 58.8 Å². The zero-order valence-corrected chi connectivity index (χ0v) is 31.2. The van der Waals surface area contributed by atoms with E-state index in [4.69, 9.17) is 18.9 Å². The highest BCUT2D eigenvalue weighted by Crippen LogP contribution is 2.41. The number of anilines is 1. The zero-order valence-electron chi connectivity index (χ0n) is 24.7. The van der Waals surface area contributed by atoms with E-state index < -0.39 is 53.9 Å². The summed E-state index contributed by atoms with van der Waals surface area (Å²) in [5.41, 5.74) is 0.304. The first-order valence-electron chi connectivity index (χ1n) is 13.4. The van der Waals surface area contributed by atoms with Gasteiger partial charge in [0, 0.05) is 37.7 Å². The Kier molecular flexibility index (Phi) is 15.6. The number of carbonyl (C=O) groups excluding carboxylic acids is 7. The molecule has 1 aromatic carbocycles. The summed E-state index contributed by atoms with van der Waals surface area (Å²) in [7, 11) is 0. The third kappa shape index (κ3) is 11.2. The normalized spacial score (nSPS) is 15.5. The van der Waals surface area contributed by atoms with Crippen LogP contribution in [0.2, 0.25) is 0 Å². The van der Waals surface area contributed by atoms with Crippen LogP contribution in [0.3, 0.4) is 0 Å². The fourth-order valence-electron chi connectivity index (χ4n) is 4.23. The van der Waals surface area contributed by atoms with E-state index >= 15 is 0 Å². The number of halogens is 3. The molecule has 1 aliphatic rings. The molecule has 2 rings (SSSR count). The fourth-order valence-corrected chi connectivity index (χ4v) is 8.90. The van der Waals surface area contributed by atoms with Gasteiger partial charge in [-0.1, -0.05) is 0 Å². The van der Waals surface area contributed by atoms with Crippen LogP contribution in [0.4, 0.5) is 5.69 Å². The molecule has 0 saturated carbocycles. The number of ether oxygens (including phenoxy) is 4. The van der Waals surface area contributed by atoms with Gasteiger partial charge in [-0.25, -0.2) is 0 Å². The van der Waals surface area contributed by atoms with Crippen molar-refractivity contribution in [1.29, 1.82) is 0 Å². The fraction of sp³-hybridized carbons (Fsp3) is 0.519. The van der Waals surface area contributed by atoms with Crippen molar-refractivity contribution < 1.29 is 57.6 Å². The van der Waals surface area contributed by atoms with Crippen LogP contribution < -0.4 is 15.5 Å². The van der Waals surface area contributed by atoms with Gasteiger partial charge in [0.25, 0.3) is 11.8 Å². The molecule has 18 heteroatoms. The van der Waals surface area contributed by atoms with Crippen molar-refractivity contribution in [2.75, 3.05) is 37.8 Å². The highest BCUT2D eigenvalue weighted by atomic mass is 127. The van der Waals surface area contributed by atoms with E-state index in [1.165, 1.54) is 18.7 Å². The van der Waals surface area contributed by atoms with Gasteiger partial charge >= 0.3 is 23.9 Å². The summed E-state index contributed by atoms with van der Waals surface area (Å²) in [6.45, 7) is 3.20. The third-order valence-electron chi connectivity index (χ3n) is 6.12. The van der Waals surface area contributed by atoms with Crippen LogP contribution in [0.25, 0.3) is 0 Å². The zero-order chi connectivity index (χ0) is 34.0. The van der Waals surface area contributed by atoms with Gasteiger partial charge in [-0.05, 0) is 74.2 Å². The van der Waals surface area contributed by atoms with Crippen molar-refractivity contribution in [3.8, 4) is 0 Å². The molecule has 0 aromatic heterocycles. The van der Waals surface area contributed by atoms with Crippen molar-refractivity contribution in [3.05, 3.63) is 21.8 Å². The number of rotatable bonds is 14. The number of aliphatic hydroxyl groups excluding tert-OH is 1. The minimum absolute atomic E-state index is 0.0265. The first-order chi connectivity index (χ1) is 21.1. The molecule has 1 aromatic rings. The molecule has 3 N–H and O–H groups in total. The molecule has 1 aliphatic heterocycles. The van der Waals surface area contributed by atoms with Gasteiger partial charge in [-0.15, -0.1) is 0 Å². The van der Waals surface area contributed by atoms with Crippen LogP contribution in [-0.4, -0.2) is 97.9 Å². The first-order valence-corrected chi connectivity index (χ1v) is 16.6. The molecular weight excluding hydrogens is 939 g/mol. The third-order valence-corrected chi connectivity index (χ3v) is 9.29. The van der Waals surface area contributed by atoms with E-state index in [1.807, 2.05) is 67.8 Å². The number of hydrogen-bond donors (Lipinski definition) is 3. The summed E-state index contributed by atoms with van der Waals surface area (Å²) >= 11 is 5.63. The average Bonchev–Trinajstić information content (AvgIpc) is 3.30. The number of carbonyl (C=O) groups is 7. The summed E-state index contributed by atoms with van der Waals surface area (Å²) in [6, 6.07) is -0.597. The Hall–Kier alpha value is -2.34. The molecule has 15 nitrogen and oxygen atoms in total. The topological polar surface area (TPSA) is 204 Å². The Morgan fingerprint density at radius 3 is 1.56 bits per heavy atom. The van der Waals surface area contributed by atoms with Crippen molar-refractivity contribution >= 4 is 115 Å². The second-order valence-electron chi connectivity index (χ2n) is 9.67. The molecule has 3 unspecified atom stereocenters. The maximum absolute atomic E-state index is 13.7. The number of esters is 4. The Morgan fingerprint density at radius 1 is 0.778 bits per heavy atom. The Morgan fingerprint density at radius 2 is 1.20 bits per heavy atom. The molecule has 45 heavy (non-hydrogen) atoms. The highest BCUT2D eigenvalue weighted by molar-refractivity contribution is 14.1. The smallest absolute Gasteiger partial charge is 0.303 e. The Labute approximate surface area is 299 Å². The van der Waals surface area contributed by atoms with Crippen LogP contribution in [0, 0.1) is 10.7 Å². The molecule has 0 spiro atoms. The van der Waals surface area contributed by atoms with Gasteiger partial charge in [-0.2, -0.15) is 0 Å². The maximum Gasteiger partial charge on any atom is 0.303 e. The number of benzene rings is 1. The molecular formula is C27H32I3N3O12. The minimum Gasteiger partial charge on any atom is -0.462 e. The summed E-state index contributed by atoms with van der Waals surface area (Å²) in [4.78, 5) is 87.4. The summed E-state index contributed by atoms with van der Waals surface area (Å²) in [5.74, 6) is -4.23. The second kappa shape index (κ2) is 18.1. The van der Waals surface area contributed by atoms with Crippen LogP contribution in [0.15, 0.2) is 0 Å². The molecule has 3 amide bonds. The quantitative estimate of drug-likeness (QED) is 0.138. The number of hydrogen-bond acceptors (Lipinski definition) is 12. The lowest BCUT2D eigenvalue weighted by Crippen LogP contribution is -2.41. The van der Waals surface area contributed by atoms with Crippen molar-refractivity contribution in [2.24, 2.45) is 0 Å². The lowest BCUT2D eigenvalue weighted by Gasteiger charge is -2.29. The van der Waals surface area contributed by atoms with Gasteiger partial charge in [0.1, 0.15) is 13.2 Å². The largest absolute Gasteiger partial charge is 0.462 e. The molecule has 248 valence electrons. The van der Waals surface area contributed by atoms with E-state index in [-0.39, 0.29) is 65.6 Å². The van der Waals surface area contributed by atoms with E-state index in [2.05, 4.69) is 10.6 Å². The van der Waals surface area contributed by atoms with Gasteiger partial charge < -0.3 is 39.6 Å². The van der Waals surface area contributed by atoms with Gasteiger partial charge in [0.15, 0.2) is 12.2 Å². The number of nitrogens with one attached hydrogen (secondary N) is 2. The van der Waals surface area contributed by atoms with Crippen molar-refractivity contribution in [1.82, 2.24) is 10.6 Å². The lowest BCUT2D eigenvalue weighted by molar-refractivity contribution is -0.155. The first kappa shape index (κ1) is 38.8. The van der Waals surface area contributed by atoms with E-state index in [0.717, 1.165) is 13.8 Å². The van der Waals surface area contributed by atoms with Gasteiger partial charge in [-0.3, -0.25) is 33.6 Å². The molecule has 0 radical (unpaired) electrons. The van der Waals surface area contributed by atoms with Crippen LogP contribution >= 0.6 is 67.8 Å². The summed E-state index contributed by atoms with van der Waals surface area (Å²) in [5, 5.41) is 15.3. The summed E-state index contributed by atoms with van der Waals surface area (Å²) in [6.07, 6.45) is -1.51. The monoisotopic (exact) mass is 971 g/mol. The van der Waals surface area contributed by atoms with E-state index in [0.29, 0.717) is 13.6 Å². The summed E-state index contributed by atoms with van der Waals surface area (Å²) < 4.78 is 21.0. The highest BCUT2D eigenvalue weighted by Gasteiger charge is 2.38. The maximum atomic E-state index is 13.7. The Balaban J connectivity index is 2.56. The van der Waals surface area contributed by atoms with Gasteiger partial charge in [0.2, 0.25) is 5.91 Å². The predicted molar refractivity (Wildman–Crippen MR) is 181 cm³/mol. The van der Waals surface area contributed by atoms with Gasteiger partial charge in [0.05, 0.1) is 49.7 Å². The van der Waals surface area contributed by atoms with Crippen molar-refractivity contribution in [3.63, 3.8) is 0 Å². The standard InChI is InChI=1S/C27H32I3N3O12/c1-12(35)42-10-17(44-14(3)37)7-31-26(40)20-22(28)21(27(41)32-8-18(45-15(4)38)11-43-13(2)36)24(30)25(23(20)29)33-16(9-34)5-6-19(33)39/h16-18,34H,5-11H2,1-4H3,(H,31,40)(H,32,41). The number of aliphatic hydroxyl groups is 1.